The van der Waals surface area contributed by atoms with Gasteiger partial charge in [0, 0.05) is 7.11 Å². The molecule has 3 aromatic carbocycles. The fourth-order valence-electron chi connectivity index (χ4n) is 4.42. The second-order valence-electron chi connectivity index (χ2n) is 7.99. The Morgan fingerprint density at radius 2 is 1.55 bits per heavy atom. The molecule has 0 saturated carbocycles. The predicted octanol–water partition coefficient (Wildman–Crippen LogP) is 6.64. The lowest BCUT2D eigenvalue weighted by Crippen LogP contribution is -2.27. The van der Waals surface area contributed by atoms with E-state index < -0.39 is 5.50 Å². The zero-order valence-corrected chi connectivity index (χ0v) is 17.5. The molecule has 2 radical (unpaired) electrons. The molecule has 0 fully saturated rings. The fourth-order valence-corrected chi connectivity index (χ4v) is 4.42. The van der Waals surface area contributed by atoms with Crippen LogP contribution in [-0.2, 0) is 16.7 Å². The molecular weight excluding hydrogens is 351 g/mol. The van der Waals surface area contributed by atoms with Gasteiger partial charge in [0.25, 0.3) is 0 Å². The Morgan fingerprint density at radius 1 is 0.931 bits per heavy atom. The van der Waals surface area contributed by atoms with Crippen LogP contribution < -0.4 is 0 Å². The summed E-state index contributed by atoms with van der Waals surface area (Å²) < 4.78 is 5.82. The van der Waals surface area contributed by atoms with Crippen LogP contribution in [0.25, 0.3) is 22.3 Å². The maximum atomic E-state index is 6.74. The van der Waals surface area contributed by atoms with E-state index in [-0.39, 0.29) is 0 Å². The molecule has 0 saturated heterocycles. The maximum absolute atomic E-state index is 6.74. The third kappa shape index (κ3) is 3.70. The summed E-state index contributed by atoms with van der Waals surface area (Å²) >= 11 is 0. The first kappa shape index (κ1) is 19.7. The van der Waals surface area contributed by atoms with Crippen molar-refractivity contribution >= 4 is 7.85 Å². The standard InChI is InChI=1S/C27H27BO/c1-4-9-19(2)18-27(28,29-3)22-14-15-25-23-12-7-5-10-20(23)16-21-11-6-8-13-24(21)26(25)17-22/h5-8,10-15,17-18H,4,9,16H2,1-3H3. The molecule has 144 valence electrons. The Balaban J connectivity index is 1.93. The zero-order chi connectivity index (χ0) is 20.4. The first-order valence-corrected chi connectivity index (χ1v) is 10.4. The van der Waals surface area contributed by atoms with Gasteiger partial charge < -0.3 is 4.74 Å². The molecule has 3 aromatic rings. The molecule has 0 spiro atoms. The van der Waals surface area contributed by atoms with Crippen LogP contribution in [0.2, 0.25) is 0 Å². The van der Waals surface area contributed by atoms with E-state index in [9.17, 15) is 0 Å². The summed E-state index contributed by atoms with van der Waals surface area (Å²) in [7, 11) is 8.42. The number of methoxy groups -OCH3 is 1. The summed E-state index contributed by atoms with van der Waals surface area (Å²) in [6.45, 7) is 4.30. The molecule has 0 N–H and O–H groups in total. The van der Waals surface area contributed by atoms with Crippen molar-refractivity contribution in [1.29, 1.82) is 0 Å². The highest BCUT2D eigenvalue weighted by Gasteiger charge is 2.26. The molecular formula is C27H27BO. The molecule has 1 unspecified atom stereocenters. The molecule has 1 aliphatic rings. The van der Waals surface area contributed by atoms with Gasteiger partial charge in [-0.15, -0.1) is 0 Å². The summed E-state index contributed by atoms with van der Waals surface area (Å²) in [5.74, 6) is 0. The predicted molar refractivity (Wildman–Crippen MR) is 123 cm³/mol. The van der Waals surface area contributed by atoms with E-state index in [1.165, 1.54) is 39.0 Å². The molecule has 4 rings (SSSR count). The average molecular weight is 378 g/mol. The molecule has 1 aliphatic carbocycles. The molecule has 0 amide bonds. The van der Waals surface area contributed by atoms with Gasteiger partial charge in [-0.05, 0) is 64.8 Å². The SMILES string of the molecule is [B]C(C=C(C)CCC)(OC)c1ccc2c(c1)-c1ccccc1Cc1ccccc1-2. The van der Waals surface area contributed by atoms with E-state index in [0.717, 1.165) is 24.8 Å². The highest BCUT2D eigenvalue weighted by molar-refractivity contribution is 6.16. The van der Waals surface area contributed by atoms with Crippen LogP contribution in [0.3, 0.4) is 0 Å². The van der Waals surface area contributed by atoms with Gasteiger partial charge in [-0.25, -0.2) is 0 Å². The normalized spacial score (nSPS) is 14.9. The van der Waals surface area contributed by atoms with Crippen LogP contribution in [-0.4, -0.2) is 15.0 Å². The van der Waals surface area contributed by atoms with Crippen molar-refractivity contribution in [1.82, 2.24) is 0 Å². The van der Waals surface area contributed by atoms with E-state index >= 15 is 0 Å². The largest absolute Gasteiger partial charge is 0.380 e. The van der Waals surface area contributed by atoms with E-state index in [0.29, 0.717) is 0 Å². The lowest BCUT2D eigenvalue weighted by molar-refractivity contribution is 0.102. The third-order valence-corrected chi connectivity index (χ3v) is 5.91. The minimum atomic E-state index is -0.935. The van der Waals surface area contributed by atoms with E-state index in [1.54, 1.807) is 7.11 Å². The number of hydrogen-bond acceptors (Lipinski definition) is 1. The Labute approximate surface area is 175 Å². The Morgan fingerprint density at radius 3 is 2.17 bits per heavy atom. The molecule has 0 bridgehead atoms. The fraction of sp³-hybridized carbons (Fsp3) is 0.259. The van der Waals surface area contributed by atoms with E-state index in [2.05, 4.69) is 86.7 Å². The van der Waals surface area contributed by atoms with Crippen LogP contribution >= 0.6 is 0 Å². The van der Waals surface area contributed by atoms with Crippen molar-refractivity contribution in [3.8, 4) is 22.3 Å². The molecule has 1 atom stereocenters. The van der Waals surface area contributed by atoms with Gasteiger partial charge in [0.05, 0.1) is 5.50 Å². The summed E-state index contributed by atoms with van der Waals surface area (Å²) in [5, 5.41) is 0. The molecule has 0 aliphatic heterocycles. The van der Waals surface area contributed by atoms with Crippen molar-refractivity contribution in [2.45, 2.75) is 38.6 Å². The summed E-state index contributed by atoms with van der Waals surface area (Å²) in [4.78, 5) is 0. The Hall–Kier alpha value is -2.58. The zero-order valence-electron chi connectivity index (χ0n) is 17.5. The lowest BCUT2D eigenvalue weighted by atomic mass is 9.73. The molecule has 1 nitrogen and oxygen atoms in total. The minimum absolute atomic E-state index is 0.934. The first-order valence-electron chi connectivity index (χ1n) is 10.4. The number of rotatable bonds is 5. The molecule has 0 heterocycles. The van der Waals surface area contributed by atoms with Gasteiger partial charge in [0.2, 0.25) is 0 Å². The van der Waals surface area contributed by atoms with E-state index in [1.807, 2.05) is 0 Å². The monoisotopic (exact) mass is 378 g/mol. The van der Waals surface area contributed by atoms with Crippen molar-refractivity contribution in [3.63, 3.8) is 0 Å². The second-order valence-corrected chi connectivity index (χ2v) is 7.99. The van der Waals surface area contributed by atoms with E-state index in [4.69, 9.17) is 12.6 Å². The van der Waals surface area contributed by atoms with Gasteiger partial charge >= 0.3 is 0 Å². The van der Waals surface area contributed by atoms with Crippen molar-refractivity contribution in [2.75, 3.05) is 7.11 Å². The van der Waals surface area contributed by atoms with Gasteiger partial charge in [0.15, 0.2) is 0 Å². The minimum Gasteiger partial charge on any atom is -0.380 e. The quantitative estimate of drug-likeness (QED) is 0.279. The van der Waals surface area contributed by atoms with Crippen LogP contribution in [0.4, 0.5) is 0 Å². The number of benzene rings is 3. The third-order valence-electron chi connectivity index (χ3n) is 5.91. The number of fused-ring (bicyclic) bond motifs is 5. The van der Waals surface area contributed by atoms with Crippen LogP contribution in [0.15, 0.2) is 78.4 Å². The summed E-state index contributed by atoms with van der Waals surface area (Å²) in [5.41, 5.74) is 9.02. The number of ether oxygens (including phenoxy) is 1. The second kappa shape index (κ2) is 8.04. The van der Waals surface area contributed by atoms with Crippen LogP contribution in [0.5, 0.6) is 0 Å². The topological polar surface area (TPSA) is 9.23 Å². The smallest absolute Gasteiger partial charge is 0.126 e. The van der Waals surface area contributed by atoms with Crippen molar-refractivity contribution in [2.24, 2.45) is 0 Å². The Bertz CT molecular complexity index is 1070. The molecule has 0 aromatic heterocycles. The van der Waals surface area contributed by atoms with Gasteiger partial charge in [-0.3, -0.25) is 0 Å². The van der Waals surface area contributed by atoms with Crippen LogP contribution in [0.1, 0.15) is 43.4 Å². The summed E-state index contributed by atoms with van der Waals surface area (Å²) in [6, 6.07) is 23.9. The highest BCUT2D eigenvalue weighted by atomic mass is 16.5. The number of allylic oxidation sites excluding steroid dienone is 1. The number of hydrogen-bond donors (Lipinski definition) is 0. The van der Waals surface area contributed by atoms with Crippen molar-refractivity contribution < 1.29 is 4.74 Å². The molecule has 29 heavy (non-hydrogen) atoms. The maximum Gasteiger partial charge on any atom is 0.126 e. The lowest BCUT2D eigenvalue weighted by Gasteiger charge is -2.28. The first-order chi connectivity index (χ1) is 14.1. The Kier molecular flexibility index (Phi) is 5.47. The van der Waals surface area contributed by atoms with Gasteiger partial charge in [-0.1, -0.05) is 85.7 Å². The average Bonchev–Trinajstić information content (AvgIpc) is 2.88. The van der Waals surface area contributed by atoms with Crippen molar-refractivity contribution in [3.05, 3.63) is 95.1 Å². The van der Waals surface area contributed by atoms with Gasteiger partial charge in [0.1, 0.15) is 7.85 Å². The molecule has 2 heteroatoms. The highest BCUT2D eigenvalue weighted by Crippen LogP contribution is 2.42. The van der Waals surface area contributed by atoms with Crippen LogP contribution in [0, 0.1) is 0 Å². The summed E-state index contributed by atoms with van der Waals surface area (Å²) in [6.07, 6.45) is 5.11. The van der Waals surface area contributed by atoms with Gasteiger partial charge in [-0.2, -0.15) is 0 Å².